The summed E-state index contributed by atoms with van der Waals surface area (Å²) in [5.41, 5.74) is 1.87. The molecule has 1 atom stereocenters. The van der Waals surface area contributed by atoms with Crippen LogP contribution in [0.25, 0.3) is 0 Å². The van der Waals surface area contributed by atoms with Crippen LogP contribution in [-0.4, -0.2) is 22.8 Å². The van der Waals surface area contributed by atoms with E-state index in [4.69, 9.17) is 5.26 Å². The van der Waals surface area contributed by atoms with Crippen molar-refractivity contribution in [3.63, 3.8) is 0 Å². The van der Waals surface area contributed by atoms with Gasteiger partial charge in [0.05, 0.1) is 16.9 Å². The fourth-order valence-electron chi connectivity index (χ4n) is 2.61. The standard InChI is InChI=1S/C17H14N4O2/c1-11-8-16(22)20-13-4-2-3-5-15(13)21(11)17(23)14-7-6-12(9-18)10-19-14/h2-7,10-11H,8H2,1H3,(H,20,22). The van der Waals surface area contributed by atoms with Crippen molar-refractivity contribution in [1.82, 2.24) is 4.98 Å². The number of para-hydroxylation sites is 2. The smallest absolute Gasteiger partial charge is 0.277 e. The molecule has 0 radical (unpaired) electrons. The molecule has 0 spiro atoms. The van der Waals surface area contributed by atoms with Gasteiger partial charge < -0.3 is 10.2 Å². The number of fused-ring (bicyclic) bond motifs is 1. The fraction of sp³-hybridized carbons (Fsp3) is 0.176. The zero-order chi connectivity index (χ0) is 16.4. The lowest BCUT2D eigenvalue weighted by molar-refractivity contribution is -0.116. The van der Waals surface area contributed by atoms with Gasteiger partial charge in [0, 0.05) is 18.7 Å². The summed E-state index contributed by atoms with van der Waals surface area (Å²) in [6.07, 6.45) is 1.57. The van der Waals surface area contributed by atoms with Crippen LogP contribution in [-0.2, 0) is 4.79 Å². The third-order valence-electron chi connectivity index (χ3n) is 3.69. The van der Waals surface area contributed by atoms with E-state index in [1.165, 1.54) is 12.3 Å². The Kier molecular flexibility index (Phi) is 3.77. The second-order valence-corrected chi connectivity index (χ2v) is 5.34. The van der Waals surface area contributed by atoms with Gasteiger partial charge in [0.2, 0.25) is 5.91 Å². The van der Waals surface area contributed by atoms with Crippen LogP contribution in [0.1, 0.15) is 29.4 Å². The first kappa shape index (κ1) is 14.7. The molecule has 0 bridgehead atoms. The number of nitrogens with zero attached hydrogens (tertiary/aromatic N) is 3. The largest absolute Gasteiger partial charge is 0.324 e. The highest BCUT2D eigenvalue weighted by Gasteiger charge is 2.30. The van der Waals surface area contributed by atoms with E-state index in [2.05, 4.69) is 10.3 Å². The van der Waals surface area contributed by atoms with Gasteiger partial charge in [-0.05, 0) is 31.2 Å². The first-order valence-electron chi connectivity index (χ1n) is 7.18. The quantitative estimate of drug-likeness (QED) is 0.876. The van der Waals surface area contributed by atoms with Gasteiger partial charge in [-0.2, -0.15) is 5.26 Å². The molecule has 2 heterocycles. The Morgan fingerprint density at radius 2 is 2.13 bits per heavy atom. The Hall–Kier alpha value is -3.20. The summed E-state index contributed by atoms with van der Waals surface area (Å²) in [5.74, 6) is -0.432. The molecule has 0 saturated carbocycles. The van der Waals surface area contributed by atoms with Crippen molar-refractivity contribution >= 4 is 23.2 Å². The maximum atomic E-state index is 12.9. The van der Waals surface area contributed by atoms with Gasteiger partial charge in [0.15, 0.2) is 0 Å². The zero-order valence-corrected chi connectivity index (χ0v) is 12.5. The average molecular weight is 306 g/mol. The molecule has 0 aliphatic carbocycles. The summed E-state index contributed by atoms with van der Waals surface area (Å²) in [5, 5.41) is 11.6. The molecular weight excluding hydrogens is 292 g/mol. The Labute approximate surface area is 133 Å². The van der Waals surface area contributed by atoms with E-state index < -0.39 is 0 Å². The summed E-state index contributed by atoms with van der Waals surface area (Å²) in [6.45, 7) is 1.82. The van der Waals surface area contributed by atoms with Gasteiger partial charge in [-0.15, -0.1) is 0 Å². The molecule has 1 aromatic heterocycles. The summed E-state index contributed by atoms with van der Waals surface area (Å²) in [6, 6.07) is 11.9. The van der Waals surface area contributed by atoms with Crippen LogP contribution in [0.3, 0.4) is 0 Å². The van der Waals surface area contributed by atoms with Crippen molar-refractivity contribution in [1.29, 1.82) is 5.26 Å². The number of nitrogens with one attached hydrogen (secondary N) is 1. The third kappa shape index (κ3) is 2.77. The van der Waals surface area contributed by atoms with Crippen molar-refractivity contribution in [2.75, 3.05) is 10.2 Å². The Bertz CT molecular complexity index is 808. The number of benzene rings is 1. The molecule has 1 N–H and O–H groups in total. The molecule has 114 valence electrons. The van der Waals surface area contributed by atoms with Gasteiger partial charge >= 0.3 is 0 Å². The topological polar surface area (TPSA) is 86.1 Å². The van der Waals surface area contributed by atoms with E-state index in [0.29, 0.717) is 16.9 Å². The number of hydrogen-bond acceptors (Lipinski definition) is 4. The lowest BCUT2D eigenvalue weighted by Crippen LogP contribution is -2.39. The number of pyridine rings is 1. The molecule has 3 rings (SSSR count). The third-order valence-corrected chi connectivity index (χ3v) is 3.69. The number of nitriles is 1. The monoisotopic (exact) mass is 306 g/mol. The maximum Gasteiger partial charge on any atom is 0.277 e. The van der Waals surface area contributed by atoms with Gasteiger partial charge in [0.25, 0.3) is 5.91 Å². The number of carbonyl (C=O) groups excluding carboxylic acids is 2. The number of aromatic nitrogens is 1. The van der Waals surface area contributed by atoms with Gasteiger partial charge in [-0.1, -0.05) is 12.1 Å². The Morgan fingerprint density at radius 1 is 1.35 bits per heavy atom. The number of amides is 2. The predicted octanol–water partition coefficient (Wildman–Crippen LogP) is 2.33. The van der Waals surface area contributed by atoms with Crippen molar-refractivity contribution in [3.8, 4) is 6.07 Å². The molecule has 23 heavy (non-hydrogen) atoms. The number of anilines is 2. The van der Waals surface area contributed by atoms with Gasteiger partial charge in [-0.25, -0.2) is 4.98 Å². The number of carbonyl (C=O) groups is 2. The van der Waals surface area contributed by atoms with Crippen LogP contribution in [0.2, 0.25) is 0 Å². The summed E-state index contributed by atoms with van der Waals surface area (Å²) in [4.78, 5) is 30.5. The minimum absolute atomic E-state index is 0.131. The minimum Gasteiger partial charge on any atom is -0.324 e. The zero-order valence-electron chi connectivity index (χ0n) is 12.5. The SMILES string of the molecule is CC1CC(=O)Nc2ccccc2N1C(=O)c1ccc(C#N)cn1. The molecular formula is C17H14N4O2. The Balaban J connectivity index is 2.04. The van der Waals surface area contributed by atoms with Gasteiger partial charge in [-0.3, -0.25) is 9.59 Å². The van der Waals surface area contributed by atoms with E-state index in [-0.39, 0.29) is 30.0 Å². The predicted molar refractivity (Wildman–Crippen MR) is 84.9 cm³/mol. The second kappa shape index (κ2) is 5.89. The molecule has 2 amide bonds. The van der Waals surface area contributed by atoms with E-state index in [0.717, 1.165) is 0 Å². The van der Waals surface area contributed by atoms with E-state index in [1.54, 1.807) is 29.2 Å². The van der Waals surface area contributed by atoms with Crippen molar-refractivity contribution in [2.24, 2.45) is 0 Å². The van der Waals surface area contributed by atoms with E-state index in [9.17, 15) is 9.59 Å². The van der Waals surface area contributed by atoms with Crippen LogP contribution >= 0.6 is 0 Å². The highest BCUT2D eigenvalue weighted by atomic mass is 16.2. The van der Waals surface area contributed by atoms with Crippen molar-refractivity contribution in [3.05, 3.63) is 53.9 Å². The maximum absolute atomic E-state index is 12.9. The normalized spacial score (nSPS) is 16.8. The van der Waals surface area contributed by atoms with Crippen LogP contribution in [0.5, 0.6) is 0 Å². The highest BCUT2D eigenvalue weighted by molar-refractivity contribution is 6.10. The molecule has 6 heteroatoms. The molecule has 0 fully saturated rings. The van der Waals surface area contributed by atoms with Crippen LogP contribution in [0.15, 0.2) is 42.6 Å². The first-order valence-corrected chi connectivity index (χ1v) is 7.18. The first-order chi connectivity index (χ1) is 11.1. The van der Waals surface area contributed by atoms with Crippen LogP contribution < -0.4 is 10.2 Å². The average Bonchev–Trinajstić information content (AvgIpc) is 2.68. The molecule has 0 saturated heterocycles. The Morgan fingerprint density at radius 3 is 2.83 bits per heavy atom. The van der Waals surface area contributed by atoms with Crippen molar-refractivity contribution < 1.29 is 9.59 Å². The van der Waals surface area contributed by atoms with Crippen molar-refractivity contribution in [2.45, 2.75) is 19.4 Å². The number of hydrogen-bond donors (Lipinski definition) is 1. The van der Waals surface area contributed by atoms with Crippen LogP contribution in [0, 0.1) is 11.3 Å². The van der Waals surface area contributed by atoms with E-state index in [1.807, 2.05) is 19.1 Å². The second-order valence-electron chi connectivity index (χ2n) is 5.34. The van der Waals surface area contributed by atoms with E-state index >= 15 is 0 Å². The molecule has 2 aromatic rings. The molecule has 1 aliphatic rings. The molecule has 1 unspecified atom stereocenters. The van der Waals surface area contributed by atoms with Gasteiger partial charge in [0.1, 0.15) is 11.8 Å². The summed E-state index contributed by atoms with van der Waals surface area (Å²) >= 11 is 0. The molecule has 6 nitrogen and oxygen atoms in total. The highest BCUT2D eigenvalue weighted by Crippen LogP contribution is 2.32. The summed E-state index contributed by atoms with van der Waals surface area (Å²) < 4.78 is 0. The summed E-state index contributed by atoms with van der Waals surface area (Å²) in [7, 11) is 0. The van der Waals surface area contributed by atoms with Crippen LogP contribution in [0.4, 0.5) is 11.4 Å². The minimum atomic E-state index is -0.302. The molecule has 1 aromatic carbocycles. The lowest BCUT2D eigenvalue weighted by Gasteiger charge is -2.27. The lowest BCUT2D eigenvalue weighted by atomic mass is 10.1. The molecule has 1 aliphatic heterocycles. The number of rotatable bonds is 1. The fourth-order valence-corrected chi connectivity index (χ4v) is 2.61.